The molecule has 0 unspecified atom stereocenters. The third-order valence-electron chi connectivity index (χ3n) is 2.79. The predicted molar refractivity (Wildman–Crippen MR) is 80.7 cm³/mol. The lowest BCUT2D eigenvalue weighted by atomic mass is 10.2. The van der Waals surface area contributed by atoms with Crippen LogP contribution in [0.1, 0.15) is 13.8 Å². The lowest BCUT2D eigenvalue weighted by molar-refractivity contribution is -0.136. The molecule has 0 saturated carbocycles. The van der Waals surface area contributed by atoms with E-state index < -0.39 is 11.8 Å². The summed E-state index contributed by atoms with van der Waals surface area (Å²) in [7, 11) is 1.68. The highest BCUT2D eigenvalue weighted by molar-refractivity contribution is 6.39. The largest absolute Gasteiger partial charge is 0.348 e. The molecule has 2 aromatic rings. The van der Waals surface area contributed by atoms with E-state index >= 15 is 0 Å². The number of nitrogens with one attached hydrogen (secondary N) is 2. The zero-order valence-corrected chi connectivity index (χ0v) is 12.7. The molecule has 0 aliphatic heterocycles. The molecule has 0 aliphatic rings. The van der Waals surface area contributed by atoms with Crippen molar-refractivity contribution < 1.29 is 9.59 Å². The Kier molecular flexibility index (Phi) is 4.82. The molecule has 1 heterocycles. The summed E-state index contributed by atoms with van der Waals surface area (Å²) in [6.45, 7) is 4.37. The highest BCUT2D eigenvalue weighted by Crippen LogP contribution is 2.16. The van der Waals surface area contributed by atoms with Gasteiger partial charge in [0, 0.05) is 17.8 Å². The number of benzene rings is 1. The number of aromatic nitrogens is 4. The summed E-state index contributed by atoms with van der Waals surface area (Å²) in [6, 6.07) is 6.86. The van der Waals surface area contributed by atoms with Gasteiger partial charge < -0.3 is 10.6 Å². The Morgan fingerprint density at radius 2 is 1.86 bits per heavy atom. The predicted octanol–water partition coefficient (Wildman–Crippen LogP) is 0.588. The third kappa shape index (κ3) is 4.11. The van der Waals surface area contributed by atoms with Crippen molar-refractivity contribution in [2.75, 3.05) is 11.9 Å². The Morgan fingerprint density at radius 3 is 2.41 bits per heavy atom. The lowest BCUT2D eigenvalue weighted by Gasteiger charge is -2.08. The minimum Gasteiger partial charge on any atom is -0.348 e. The molecule has 8 heteroatoms. The van der Waals surface area contributed by atoms with Gasteiger partial charge in [0.25, 0.3) is 0 Å². The van der Waals surface area contributed by atoms with Crippen LogP contribution in [-0.4, -0.2) is 38.6 Å². The molecule has 2 N–H and O–H groups in total. The second-order valence-corrected chi connectivity index (χ2v) is 5.24. The molecule has 0 saturated heterocycles. The number of aryl methyl sites for hydroxylation is 1. The Balaban J connectivity index is 1.96. The molecule has 22 heavy (non-hydrogen) atoms. The fraction of sp³-hybridized carbons (Fsp3) is 0.357. The van der Waals surface area contributed by atoms with Crippen molar-refractivity contribution in [3.63, 3.8) is 0 Å². The van der Waals surface area contributed by atoms with Crippen molar-refractivity contribution in [1.29, 1.82) is 0 Å². The zero-order chi connectivity index (χ0) is 16.1. The number of carbonyl (C=O) groups is 2. The maximum Gasteiger partial charge on any atom is 0.313 e. The molecule has 116 valence electrons. The average Bonchev–Trinajstić information content (AvgIpc) is 2.92. The van der Waals surface area contributed by atoms with Gasteiger partial charge in [-0.25, -0.2) is 0 Å². The van der Waals surface area contributed by atoms with Crippen molar-refractivity contribution in [3.05, 3.63) is 24.3 Å². The fourth-order valence-electron chi connectivity index (χ4n) is 1.67. The van der Waals surface area contributed by atoms with Crippen LogP contribution >= 0.6 is 0 Å². The van der Waals surface area contributed by atoms with Crippen LogP contribution in [0.2, 0.25) is 0 Å². The number of amides is 2. The van der Waals surface area contributed by atoms with Gasteiger partial charge in [-0.3, -0.25) is 9.59 Å². The first-order valence-electron chi connectivity index (χ1n) is 6.89. The topological polar surface area (TPSA) is 102 Å². The van der Waals surface area contributed by atoms with Crippen molar-refractivity contribution >= 4 is 17.5 Å². The van der Waals surface area contributed by atoms with E-state index in [1.54, 1.807) is 31.3 Å². The Labute approximate surface area is 127 Å². The lowest BCUT2D eigenvalue weighted by Crippen LogP contribution is -2.37. The Hall–Kier alpha value is -2.77. The summed E-state index contributed by atoms with van der Waals surface area (Å²) < 4.78 is 0. The van der Waals surface area contributed by atoms with Gasteiger partial charge in [0.05, 0.1) is 7.05 Å². The maximum atomic E-state index is 11.7. The molecule has 1 aromatic heterocycles. The third-order valence-corrected chi connectivity index (χ3v) is 2.79. The first kappa shape index (κ1) is 15.6. The molecule has 0 aliphatic carbocycles. The van der Waals surface area contributed by atoms with Gasteiger partial charge >= 0.3 is 11.8 Å². The van der Waals surface area contributed by atoms with E-state index in [1.807, 2.05) is 13.8 Å². The van der Waals surface area contributed by atoms with Gasteiger partial charge in [0.1, 0.15) is 0 Å². The van der Waals surface area contributed by atoms with Crippen LogP contribution in [-0.2, 0) is 16.6 Å². The first-order chi connectivity index (χ1) is 10.5. The molecule has 0 atom stereocenters. The number of tetrazole rings is 1. The first-order valence-corrected chi connectivity index (χ1v) is 6.89. The zero-order valence-electron chi connectivity index (χ0n) is 12.7. The molecular formula is C14H18N6O2. The van der Waals surface area contributed by atoms with E-state index in [4.69, 9.17) is 0 Å². The second-order valence-electron chi connectivity index (χ2n) is 5.24. The van der Waals surface area contributed by atoms with E-state index in [2.05, 4.69) is 26.0 Å². The summed E-state index contributed by atoms with van der Waals surface area (Å²) in [5, 5.41) is 16.8. The molecule has 0 bridgehead atoms. The molecule has 2 amide bonds. The molecule has 2 rings (SSSR count). The summed E-state index contributed by atoms with van der Waals surface area (Å²) in [5.74, 6) is -0.551. The molecule has 0 radical (unpaired) electrons. The highest BCUT2D eigenvalue weighted by atomic mass is 16.2. The molecule has 0 fully saturated rings. The average molecular weight is 302 g/mol. The van der Waals surface area contributed by atoms with E-state index in [1.165, 1.54) is 4.80 Å². The minimum absolute atomic E-state index is 0.288. The molecule has 1 aromatic carbocycles. The van der Waals surface area contributed by atoms with Gasteiger partial charge in [-0.05, 0) is 35.4 Å². The van der Waals surface area contributed by atoms with Gasteiger partial charge in [-0.1, -0.05) is 13.8 Å². The Bertz CT molecular complexity index is 662. The number of carbonyl (C=O) groups excluding carboxylic acids is 2. The van der Waals surface area contributed by atoms with Crippen LogP contribution in [0.3, 0.4) is 0 Å². The minimum atomic E-state index is -0.689. The molecule has 0 spiro atoms. The number of hydrogen-bond donors (Lipinski definition) is 2. The monoisotopic (exact) mass is 302 g/mol. The van der Waals surface area contributed by atoms with Crippen molar-refractivity contribution in [2.45, 2.75) is 13.8 Å². The van der Waals surface area contributed by atoms with E-state index in [0.717, 1.165) is 5.56 Å². The normalized spacial score (nSPS) is 10.5. The maximum absolute atomic E-state index is 11.7. The van der Waals surface area contributed by atoms with Crippen molar-refractivity contribution in [3.8, 4) is 11.4 Å². The Morgan fingerprint density at radius 1 is 1.18 bits per heavy atom. The number of hydrogen-bond acceptors (Lipinski definition) is 5. The van der Waals surface area contributed by atoms with Gasteiger partial charge in [-0.15, -0.1) is 10.2 Å². The van der Waals surface area contributed by atoms with Gasteiger partial charge in [-0.2, -0.15) is 4.80 Å². The van der Waals surface area contributed by atoms with Crippen LogP contribution in [0, 0.1) is 5.92 Å². The summed E-state index contributed by atoms with van der Waals surface area (Å²) in [4.78, 5) is 24.7. The van der Waals surface area contributed by atoms with Crippen molar-refractivity contribution in [1.82, 2.24) is 25.5 Å². The van der Waals surface area contributed by atoms with Gasteiger partial charge in [0.2, 0.25) is 5.82 Å². The second kappa shape index (κ2) is 6.79. The van der Waals surface area contributed by atoms with Crippen LogP contribution in [0.5, 0.6) is 0 Å². The summed E-state index contributed by atoms with van der Waals surface area (Å²) in [5.41, 5.74) is 1.30. The molecular weight excluding hydrogens is 284 g/mol. The van der Waals surface area contributed by atoms with E-state index in [0.29, 0.717) is 18.1 Å². The van der Waals surface area contributed by atoms with E-state index in [-0.39, 0.29) is 5.92 Å². The number of anilines is 1. The SMILES string of the molecule is CC(C)CNC(=O)C(=O)Nc1ccc(-c2nnn(C)n2)cc1. The number of rotatable bonds is 4. The van der Waals surface area contributed by atoms with Crippen LogP contribution in [0.15, 0.2) is 24.3 Å². The van der Waals surface area contributed by atoms with Crippen LogP contribution < -0.4 is 10.6 Å². The summed E-state index contributed by atoms with van der Waals surface area (Å²) in [6.07, 6.45) is 0. The number of nitrogens with zero attached hydrogens (tertiary/aromatic N) is 4. The molecule has 8 nitrogen and oxygen atoms in total. The van der Waals surface area contributed by atoms with Gasteiger partial charge in [0.15, 0.2) is 0 Å². The summed E-state index contributed by atoms with van der Waals surface area (Å²) >= 11 is 0. The highest BCUT2D eigenvalue weighted by Gasteiger charge is 2.13. The van der Waals surface area contributed by atoms with Crippen molar-refractivity contribution in [2.24, 2.45) is 13.0 Å². The fourth-order valence-corrected chi connectivity index (χ4v) is 1.67. The van der Waals surface area contributed by atoms with E-state index in [9.17, 15) is 9.59 Å². The quantitative estimate of drug-likeness (QED) is 0.805. The van der Waals surface area contributed by atoms with Crippen LogP contribution in [0.4, 0.5) is 5.69 Å². The smallest absolute Gasteiger partial charge is 0.313 e. The standard InChI is InChI=1S/C14H18N6O2/c1-9(2)8-15-13(21)14(22)16-11-6-4-10(5-7-11)12-17-19-20(3)18-12/h4-7,9H,8H2,1-3H3,(H,15,21)(H,16,22). The van der Waals surface area contributed by atoms with Crippen LogP contribution in [0.25, 0.3) is 11.4 Å².